The molecule has 4 aromatic rings. The number of hydrogen-bond acceptors (Lipinski definition) is 4. The zero-order chi connectivity index (χ0) is 19.2. The third-order valence-corrected chi connectivity index (χ3v) is 4.12. The summed E-state index contributed by atoms with van der Waals surface area (Å²) in [5.74, 6) is -0.296. The van der Waals surface area contributed by atoms with Gasteiger partial charge >= 0.3 is 0 Å². The smallest absolute Gasteiger partial charge is 0.267 e. The lowest BCUT2D eigenvalue weighted by Crippen LogP contribution is -2.17. The monoisotopic (exact) mass is 367 g/mol. The Balaban J connectivity index is 1.63. The molecule has 2 aromatic heterocycles. The van der Waals surface area contributed by atoms with Gasteiger partial charge in [-0.3, -0.25) is 9.78 Å². The van der Waals surface area contributed by atoms with Crippen LogP contribution in [-0.4, -0.2) is 26.9 Å². The molecule has 0 atom stereocenters. The minimum atomic E-state index is -0.296. The van der Waals surface area contributed by atoms with Crippen LogP contribution in [0, 0.1) is 0 Å². The van der Waals surface area contributed by atoms with Gasteiger partial charge in [0.15, 0.2) is 0 Å². The molecule has 0 spiro atoms. The molecule has 0 aliphatic heterocycles. The molecule has 0 aliphatic carbocycles. The van der Waals surface area contributed by atoms with Crippen LogP contribution in [0.2, 0.25) is 0 Å². The molecular weight excluding hydrogens is 350 g/mol. The van der Waals surface area contributed by atoms with E-state index < -0.39 is 0 Å². The van der Waals surface area contributed by atoms with Gasteiger partial charge in [0, 0.05) is 35.3 Å². The molecule has 0 bridgehead atoms. The molecule has 1 amide bonds. The minimum Gasteiger partial charge on any atom is -0.267 e. The second kappa shape index (κ2) is 8.09. The Bertz CT molecular complexity index is 1090. The van der Waals surface area contributed by atoms with Crippen LogP contribution in [0.4, 0.5) is 0 Å². The van der Waals surface area contributed by atoms with Crippen LogP contribution in [0.5, 0.6) is 0 Å². The Labute approximate surface area is 162 Å². The first-order valence-electron chi connectivity index (χ1n) is 8.75. The van der Waals surface area contributed by atoms with E-state index in [9.17, 15) is 4.79 Å². The molecule has 0 aliphatic rings. The first kappa shape index (κ1) is 17.4. The molecular formula is C22H17N5O. The number of nitrogens with one attached hydrogen (secondary N) is 1. The van der Waals surface area contributed by atoms with Gasteiger partial charge in [-0.2, -0.15) is 10.2 Å². The van der Waals surface area contributed by atoms with Gasteiger partial charge in [-0.25, -0.2) is 10.1 Å². The van der Waals surface area contributed by atoms with Gasteiger partial charge in [-0.05, 0) is 24.3 Å². The van der Waals surface area contributed by atoms with Crippen LogP contribution < -0.4 is 5.43 Å². The highest BCUT2D eigenvalue weighted by Gasteiger charge is 2.11. The zero-order valence-corrected chi connectivity index (χ0v) is 14.9. The average Bonchev–Trinajstić information content (AvgIpc) is 3.20. The maximum absolute atomic E-state index is 12.1. The van der Waals surface area contributed by atoms with Crippen molar-refractivity contribution in [2.45, 2.75) is 0 Å². The molecule has 0 unspecified atom stereocenters. The van der Waals surface area contributed by atoms with Gasteiger partial charge in [0.05, 0.1) is 11.9 Å². The second-order valence-corrected chi connectivity index (χ2v) is 6.01. The molecule has 4 rings (SSSR count). The largest absolute Gasteiger partial charge is 0.271 e. The Morgan fingerprint density at radius 1 is 0.929 bits per heavy atom. The molecule has 0 fully saturated rings. The van der Waals surface area contributed by atoms with E-state index in [1.54, 1.807) is 35.4 Å². The SMILES string of the molecule is O=C(N/N=C\c1cn(-c2ccccc2)nc1-c1ccccc1)c1ccncc1. The predicted octanol–water partition coefficient (Wildman–Crippen LogP) is 3.70. The lowest BCUT2D eigenvalue weighted by Gasteiger charge is -2.00. The number of amides is 1. The highest BCUT2D eigenvalue weighted by Crippen LogP contribution is 2.22. The molecule has 2 aromatic carbocycles. The minimum absolute atomic E-state index is 0.296. The van der Waals surface area contributed by atoms with E-state index in [2.05, 4.69) is 15.5 Å². The van der Waals surface area contributed by atoms with E-state index >= 15 is 0 Å². The second-order valence-electron chi connectivity index (χ2n) is 6.01. The Hall–Kier alpha value is -4.06. The van der Waals surface area contributed by atoms with E-state index in [0.717, 1.165) is 22.5 Å². The fourth-order valence-corrected chi connectivity index (χ4v) is 2.74. The molecule has 1 N–H and O–H groups in total. The summed E-state index contributed by atoms with van der Waals surface area (Å²) in [6.45, 7) is 0. The molecule has 2 heterocycles. The summed E-state index contributed by atoms with van der Waals surface area (Å²) in [6.07, 6.45) is 6.62. The Morgan fingerprint density at radius 3 is 2.32 bits per heavy atom. The van der Waals surface area contributed by atoms with Crippen LogP contribution in [-0.2, 0) is 0 Å². The molecule has 0 radical (unpaired) electrons. The van der Waals surface area contributed by atoms with Gasteiger partial charge in [0.25, 0.3) is 5.91 Å². The van der Waals surface area contributed by atoms with Crippen LogP contribution in [0.3, 0.4) is 0 Å². The van der Waals surface area contributed by atoms with E-state index in [1.165, 1.54) is 0 Å². The lowest BCUT2D eigenvalue weighted by atomic mass is 10.1. The topological polar surface area (TPSA) is 72.2 Å². The first-order valence-corrected chi connectivity index (χ1v) is 8.75. The van der Waals surface area contributed by atoms with E-state index in [1.807, 2.05) is 66.9 Å². The number of hydrogen-bond donors (Lipinski definition) is 1. The highest BCUT2D eigenvalue weighted by molar-refractivity contribution is 5.95. The van der Waals surface area contributed by atoms with Crippen LogP contribution in [0.1, 0.15) is 15.9 Å². The molecule has 136 valence electrons. The highest BCUT2D eigenvalue weighted by atomic mass is 16.2. The van der Waals surface area contributed by atoms with E-state index in [0.29, 0.717) is 5.56 Å². The Morgan fingerprint density at radius 2 is 1.61 bits per heavy atom. The number of carbonyl (C=O) groups is 1. The summed E-state index contributed by atoms with van der Waals surface area (Å²) < 4.78 is 1.80. The van der Waals surface area contributed by atoms with Crippen molar-refractivity contribution in [1.29, 1.82) is 0 Å². The van der Waals surface area contributed by atoms with Crippen molar-refractivity contribution in [2.24, 2.45) is 5.10 Å². The summed E-state index contributed by atoms with van der Waals surface area (Å²) in [5, 5.41) is 8.82. The van der Waals surface area contributed by atoms with Crippen molar-refractivity contribution in [1.82, 2.24) is 20.2 Å². The van der Waals surface area contributed by atoms with Crippen LogP contribution in [0.15, 0.2) is 96.5 Å². The zero-order valence-electron chi connectivity index (χ0n) is 14.9. The van der Waals surface area contributed by atoms with Gasteiger partial charge in [-0.1, -0.05) is 48.5 Å². The number of nitrogens with zero attached hydrogens (tertiary/aromatic N) is 4. The van der Waals surface area contributed by atoms with E-state index in [-0.39, 0.29) is 5.91 Å². The van der Waals surface area contributed by atoms with Crippen molar-refractivity contribution < 1.29 is 4.79 Å². The van der Waals surface area contributed by atoms with Crippen molar-refractivity contribution in [3.8, 4) is 16.9 Å². The molecule has 0 saturated heterocycles. The lowest BCUT2D eigenvalue weighted by molar-refractivity contribution is 0.0955. The molecule has 6 heteroatoms. The van der Waals surface area contributed by atoms with Crippen LogP contribution in [0.25, 0.3) is 16.9 Å². The summed E-state index contributed by atoms with van der Waals surface area (Å²) in [6, 6.07) is 23.0. The standard InChI is InChI=1S/C22H17N5O/c28-22(18-11-13-23-14-12-18)25-24-15-19-16-27(20-9-5-2-6-10-20)26-21(19)17-7-3-1-4-8-17/h1-16H,(H,25,28)/b24-15-. The number of carbonyl (C=O) groups excluding carboxylic acids is 1. The number of benzene rings is 2. The number of pyridine rings is 1. The van der Waals surface area contributed by atoms with Gasteiger partial charge in [0.1, 0.15) is 5.69 Å². The first-order chi connectivity index (χ1) is 13.8. The normalized spacial score (nSPS) is 10.9. The molecule has 6 nitrogen and oxygen atoms in total. The number of hydrazone groups is 1. The maximum Gasteiger partial charge on any atom is 0.271 e. The summed E-state index contributed by atoms with van der Waals surface area (Å²) in [7, 11) is 0. The Kier molecular flexibility index (Phi) is 5.02. The predicted molar refractivity (Wildman–Crippen MR) is 108 cm³/mol. The van der Waals surface area contributed by atoms with Crippen molar-refractivity contribution in [2.75, 3.05) is 0 Å². The summed E-state index contributed by atoms with van der Waals surface area (Å²) in [4.78, 5) is 16.0. The molecule has 0 saturated carbocycles. The van der Waals surface area contributed by atoms with Crippen molar-refractivity contribution >= 4 is 12.1 Å². The summed E-state index contributed by atoms with van der Waals surface area (Å²) >= 11 is 0. The quantitative estimate of drug-likeness (QED) is 0.432. The van der Waals surface area contributed by atoms with Gasteiger partial charge in [-0.15, -0.1) is 0 Å². The fourth-order valence-electron chi connectivity index (χ4n) is 2.74. The van der Waals surface area contributed by atoms with Crippen LogP contribution >= 0.6 is 0 Å². The van der Waals surface area contributed by atoms with Gasteiger partial charge in [0.2, 0.25) is 0 Å². The van der Waals surface area contributed by atoms with Crippen molar-refractivity contribution in [3.05, 3.63) is 103 Å². The van der Waals surface area contributed by atoms with E-state index in [4.69, 9.17) is 5.10 Å². The number of para-hydroxylation sites is 1. The number of aromatic nitrogens is 3. The average molecular weight is 367 g/mol. The third-order valence-electron chi connectivity index (χ3n) is 4.12. The summed E-state index contributed by atoms with van der Waals surface area (Å²) in [5.41, 5.74) is 6.53. The maximum atomic E-state index is 12.1. The fraction of sp³-hybridized carbons (Fsp3) is 0. The van der Waals surface area contributed by atoms with Crippen molar-refractivity contribution in [3.63, 3.8) is 0 Å². The third kappa shape index (κ3) is 3.86. The number of rotatable bonds is 5. The molecule has 28 heavy (non-hydrogen) atoms. The van der Waals surface area contributed by atoms with Gasteiger partial charge < -0.3 is 0 Å².